The van der Waals surface area contributed by atoms with Crippen LogP contribution in [0.15, 0.2) is 48.5 Å². The molecule has 5 nitrogen and oxygen atoms in total. The van der Waals surface area contributed by atoms with Crippen molar-refractivity contribution in [3.05, 3.63) is 75.8 Å². The predicted octanol–water partition coefficient (Wildman–Crippen LogP) is 3.24. The minimum atomic E-state index is -0.364. The Morgan fingerprint density at radius 3 is 1.59 bits per heavy atom. The molecule has 2 aromatic carbocycles. The van der Waals surface area contributed by atoms with Crippen molar-refractivity contribution in [2.75, 3.05) is 4.90 Å². The zero-order valence-corrected chi connectivity index (χ0v) is 15.3. The van der Waals surface area contributed by atoms with E-state index in [4.69, 9.17) is 0 Å². The van der Waals surface area contributed by atoms with E-state index in [1.54, 1.807) is 0 Å². The number of carbonyl (C=O) groups excluding carboxylic acids is 2. The molecule has 132 valence electrons. The van der Waals surface area contributed by atoms with Crippen LogP contribution < -0.4 is 4.90 Å². The van der Waals surface area contributed by atoms with Gasteiger partial charge in [0.15, 0.2) is 0 Å². The Kier molecular flexibility index (Phi) is 2.88. The standard InChI is InChI=1S/C21H15N3O2S/c1-10-22-23-21(27-10)24-19(25)17-15-11-6-2-3-7-12(11)16(18(17)20(24)26)14-9-5-4-8-13(14)15/h2-9,15-18H,1H3/t15?,16?,17-,18+. The highest BCUT2D eigenvalue weighted by molar-refractivity contribution is 7.15. The second-order valence-electron chi connectivity index (χ2n) is 7.38. The van der Waals surface area contributed by atoms with Gasteiger partial charge in [-0.2, -0.15) is 0 Å². The fourth-order valence-corrected chi connectivity index (χ4v) is 5.94. The molecule has 3 aromatic rings. The molecule has 0 radical (unpaired) electrons. The van der Waals surface area contributed by atoms with Gasteiger partial charge in [-0.15, -0.1) is 10.2 Å². The number of benzene rings is 2. The highest BCUT2D eigenvalue weighted by atomic mass is 32.1. The van der Waals surface area contributed by atoms with Crippen molar-refractivity contribution < 1.29 is 9.59 Å². The summed E-state index contributed by atoms with van der Waals surface area (Å²) in [6.45, 7) is 1.83. The summed E-state index contributed by atoms with van der Waals surface area (Å²) < 4.78 is 0. The minimum absolute atomic E-state index is 0.0807. The molecule has 1 aliphatic heterocycles. The first-order chi connectivity index (χ1) is 13.2. The Morgan fingerprint density at radius 2 is 1.22 bits per heavy atom. The molecule has 7 rings (SSSR count). The topological polar surface area (TPSA) is 63.2 Å². The summed E-state index contributed by atoms with van der Waals surface area (Å²) >= 11 is 1.29. The van der Waals surface area contributed by atoms with E-state index in [1.165, 1.54) is 38.5 Å². The first-order valence-corrected chi connectivity index (χ1v) is 9.84. The van der Waals surface area contributed by atoms with Crippen molar-refractivity contribution in [1.29, 1.82) is 0 Å². The number of hydrogen-bond acceptors (Lipinski definition) is 5. The zero-order valence-electron chi connectivity index (χ0n) is 14.5. The quantitative estimate of drug-likeness (QED) is 0.615. The number of nitrogens with zero attached hydrogens (tertiary/aromatic N) is 3. The van der Waals surface area contributed by atoms with Crippen LogP contribution in [0.25, 0.3) is 0 Å². The van der Waals surface area contributed by atoms with Gasteiger partial charge >= 0.3 is 0 Å². The first-order valence-electron chi connectivity index (χ1n) is 9.02. The summed E-state index contributed by atoms with van der Waals surface area (Å²) in [5, 5.41) is 9.22. The lowest BCUT2D eigenvalue weighted by Gasteiger charge is -2.45. The van der Waals surface area contributed by atoms with Gasteiger partial charge < -0.3 is 0 Å². The van der Waals surface area contributed by atoms with Gasteiger partial charge in [0, 0.05) is 11.8 Å². The third-order valence-electron chi connectivity index (χ3n) is 6.16. The number of imide groups is 1. The number of rotatable bonds is 1. The molecule has 2 heterocycles. The second kappa shape index (κ2) is 5.10. The largest absolute Gasteiger partial charge is 0.274 e. The average molecular weight is 373 g/mol. The number of anilines is 1. The van der Waals surface area contributed by atoms with E-state index >= 15 is 0 Å². The molecule has 6 heteroatoms. The Hall–Kier alpha value is -2.86. The number of hydrogen-bond donors (Lipinski definition) is 0. The highest BCUT2D eigenvalue weighted by Gasteiger charge is 2.62. The number of aromatic nitrogens is 2. The lowest BCUT2D eigenvalue weighted by Crippen LogP contribution is -2.41. The molecule has 27 heavy (non-hydrogen) atoms. The van der Waals surface area contributed by atoms with Crippen LogP contribution in [0, 0.1) is 18.8 Å². The van der Waals surface area contributed by atoms with Crippen LogP contribution in [0.5, 0.6) is 0 Å². The molecule has 2 bridgehead atoms. The van der Waals surface area contributed by atoms with Crippen molar-refractivity contribution in [1.82, 2.24) is 10.2 Å². The Morgan fingerprint density at radius 1 is 0.778 bits per heavy atom. The third-order valence-corrected chi connectivity index (χ3v) is 6.98. The molecule has 3 aliphatic carbocycles. The van der Waals surface area contributed by atoms with Crippen LogP contribution in [0.1, 0.15) is 39.1 Å². The zero-order chi connectivity index (χ0) is 18.3. The summed E-state index contributed by atoms with van der Waals surface area (Å²) in [6, 6.07) is 16.5. The minimum Gasteiger partial charge on any atom is -0.274 e. The van der Waals surface area contributed by atoms with Crippen molar-refractivity contribution >= 4 is 28.3 Å². The molecule has 4 aliphatic rings. The van der Waals surface area contributed by atoms with Gasteiger partial charge in [-0.05, 0) is 29.2 Å². The number of aryl methyl sites for hydroxylation is 1. The molecule has 0 unspecified atom stereocenters. The van der Waals surface area contributed by atoms with Crippen molar-refractivity contribution in [2.45, 2.75) is 18.8 Å². The molecule has 0 saturated carbocycles. The van der Waals surface area contributed by atoms with E-state index in [9.17, 15) is 9.59 Å². The number of carbonyl (C=O) groups is 2. The monoisotopic (exact) mass is 373 g/mol. The maximum atomic E-state index is 13.4. The molecule has 1 fully saturated rings. The molecule has 2 atom stereocenters. The Balaban J connectivity index is 1.59. The molecular weight excluding hydrogens is 358 g/mol. The summed E-state index contributed by atoms with van der Waals surface area (Å²) in [4.78, 5) is 28.1. The van der Waals surface area contributed by atoms with Crippen molar-refractivity contribution in [3.63, 3.8) is 0 Å². The normalized spacial score (nSPS) is 27.5. The van der Waals surface area contributed by atoms with E-state index in [-0.39, 0.29) is 35.5 Å². The van der Waals surface area contributed by atoms with Crippen LogP contribution in [0.2, 0.25) is 0 Å². The maximum Gasteiger partial charge on any atom is 0.240 e. The summed E-state index contributed by atoms with van der Waals surface area (Å²) in [7, 11) is 0. The molecule has 1 aromatic heterocycles. The average Bonchev–Trinajstić information content (AvgIpc) is 3.23. The van der Waals surface area contributed by atoms with Crippen LogP contribution >= 0.6 is 11.3 Å². The van der Waals surface area contributed by atoms with Gasteiger partial charge in [0.05, 0.1) is 11.8 Å². The maximum absolute atomic E-state index is 13.4. The molecule has 2 amide bonds. The molecule has 0 N–H and O–H groups in total. The van der Waals surface area contributed by atoms with Gasteiger partial charge in [0.1, 0.15) is 5.01 Å². The van der Waals surface area contributed by atoms with Crippen LogP contribution in [-0.2, 0) is 9.59 Å². The lowest BCUT2D eigenvalue weighted by molar-refractivity contribution is -0.122. The van der Waals surface area contributed by atoms with Crippen LogP contribution in [0.3, 0.4) is 0 Å². The van der Waals surface area contributed by atoms with Gasteiger partial charge in [0.25, 0.3) is 0 Å². The summed E-state index contributed by atoms with van der Waals surface area (Å²) in [5.74, 6) is -1.17. The summed E-state index contributed by atoms with van der Waals surface area (Å²) in [5.41, 5.74) is 4.72. The predicted molar refractivity (Wildman–Crippen MR) is 101 cm³/mol. The van der Waals surface area contributed by atoms with E-state index in [1.807, 2.05) is 31.2 Å². The van der Waals surface area contributed by atoms with Crippen molar-refractivity contribution in [3.8, 4) is 0 Å². The van der Waals surface area contributed by atoms with Crippen LogP contribution in [-0.4, -0.2) is 22.0 Å². The third kappa shape index (κ3) is 1.78. The smallest absolute Gasteiger partial charge is 0.240 e. The number of amides is 2. The highest BCUT2D eigenvalue weighted by Crippen LogP contribution is 2.61. The molecule has 1 saturated heterocycles. The van der Waals surface area contributed by atoms with E-state index in [2.05, 4.69) is 34.5 Å². The van der Waals surface area contributed by atoms with Gasteiger partial charge in [-0.1, -0.05) is 59.9 Å². The SMILES string of the molecule is Cc1nnc(N2C(=O)[C@@H]3C4c5ccccc5C(c5ccccc54)[C@@H]3C2=O)s1. The van der Waals surface area contributed by atoms with Crippen LogP contribution in [0.4, 0.5) is 5.13 Å². The fraction of sp³-hybridized carbons (Fsp3) is 0.238. The fourth-order valence-electron chi connectivity index (χ4n) is 5.24. The van der Waals surface area contributed by atoms with E-state index in [0.29, 0.717) is 5.13 Å². The molecular formula is C21H15N3O2S. The second-order valence-corrected chi connectivity index (χ2v) is 8.54. The Bertz CT molecular complexity index is 1020. The lowest BCUT2D eigenvalue weighted by atomic mass is 9.55. The first kappa shape index (κ1) is 15.2. The van der Waals surface area contributed by atoms with Gasteiger partial charge in [-0.25, -0.2) is 4.90 Å². The van der Waals surface area contributed by atoms with E-state index < -0.39 is 0 Å². The molecule has 0 spiro atoms. The van der Waals surface area contributed by atoms with Gasteiger partial charge in [0.2, 0.25) is 16.9 Å². The van der Waals surface area contributed by atoms with E-state index in [0.717, 1.165) is 5.01 Å². The van der Waals surface area contributed by atoms with Crippen molar-refractivity contribution in [2.24, 2.45) is 11.8 Å². The summed E-state index contributed by atoms with van der Waals surface area (Å²) in [6.07, 6.45) is 0. The van der Waals surface area contributed by atoms with Gasteiger partial charge in [-0.3, -0.25) is 9.59 Å². The Labute approximate surface area is 159 Å².